The van der Waals surface area contributed by atoms with Crippen molar-refractivity contribution in [2.24, 2.45) is 5.73 Å². The number of nitrogens with zero attached hydrogens (tertiary/aromatic N) is 2. The molecule has 0 aliphatic carbocycles. The lowest BCUT2D eigenvalue weighted by molar-refractivity contribution is 0.371. The number of rotatable bonds is 4. The van der Waals surface area contributed by atoms with Crippen molar-refractivity contribution in [3.8, 4) is 11.6 Å². The van der Waals surface area contributed by atoms with Crippen LogP contribution in [0.3, 0.4) is 0 Å². The highest BCUT2D eigenvalue weighted by Gasteiger charge is 2.13. The summed E-state index contributed by atoms with van der Waals surface area (Å²) >= 11 is 0. The molecule has 0 aliphatic rings. The van der Waals surface area contributed by atoms with E-state index in [1.54, 1.807) is 6.26 Å². The highest BCUT2D eigenvalue weighted by atomic mass is 16.5. The highest BCUT2D eigenvalue weighted by molar-refractivity contribution is 5.50. The molecule has 86 valence electrons. The van der Waals surface area contributed by atoms with Crippen molar-refractivity contribution in [3.05, 3.63) is 23.8 Å². The molecular formula is C11H15N3O2. The SMILES string of the molecule is Cc1ccoc1-c1noc(CCC(C)N)n1. The van der Waals surface area contributed by atoms with Crippen LogP contribution in [0.1, 0.15) is 24.8 Å². The second-order valence-electron chi connectivity index (χ2n) is 3.96. The first kappa shape index (κ1) is 10.9. The average Bonchev–Trinajstić information content (AvgIpc) is 2.83. The third-order valence-corrected chi connectivity index (χ3v) is 2.35. The largest absolute Gasteiger partial charge is 0.461 e. The van der Waals surface area contributed by atoms with Crippen molar-refractivity contribution < 1.29 is 8.94 Å². The van der Waals surface area contributed by atoms with Crippen molar-refractivity contribution in [1.29, 1.82) is 0 Å². The van der Waals surface area contributed by atoms with Crippen LogP contribution in [0.5, 0.6) is 0 Å². The van der Waals surface area contributed by atoms with Gasteiger partial charge in [-0.2, -0.15) is 4.98 Å². The van der Waals surface area contributed by atoms with Gasteiger partial charge in [0.2, 0.25) is 11.7 Å². The topological polar surface area (TPSA) is 78.1 Å². The van der Waals surface area contributed by atoms with E-state index in [0.717, 1.165) is 12.0 Å². The van der Waals surface area contributed by atoms with Gasteiger partial charge in [0.25, 0.3) is 0 Å². The fourth-order valence-corrected chi connectivity index (χ4v) is 1.40. The Labute approximate surface area is 93.6 Å². The number of nitrogens with two attached hydrogens (primary N) is 1. The number of aryl methyl sites for hydroxylation is 2. The van der Waals surface area contributed by atoms with Gasteiger partial charge in [-0.1, -0.05) is 5.16 Å². The van der Waals surface area contributed by atoms with Gasteiger partial charge in [0.15, 0.2) is 5.76 Å². The van der Waals surface area contributed by atoms with Gasteiger partial charge in [0.05, 0.1) is 6.26 Å². The van der Waals surface area contributed by atoms with Gasteiger partial charge in [-0.15, -0.1) is 0 Å². The summed E-state index contributed by atoms with van der Waals surface area (Å²) in [7, 11) is 0. The zero-order valence-electron chi connectivity index (χ0n) is 9.43. The standard InChI is InChI=1S/C11H15N3O2/c1-7-5-6-15-10(7)11-13-9(16-14-11)4-3-8(2)12/h5-6,8H,3-4,12H2,1-2H3. The van der Waals surface area contributed by atoms with Crippen LogP contribution in [0, 0.1) is 6.92 Å². The fourth-order valence-electron chi connectivity index (χ4n) is 1.40. The van der Waals surface area contributed by atoms with E-state index >= 15 is 0 Å². The van der Waals surface area contributed by atoms with E-state index in [-0.39, 0.29) is 6.04 Å². The minimum Gasteiger partial charge on any atom is -0.461 e. The minimum absolute atomic E-state index is 0.140. The van der Waals surface area contributed by atoms with Crippen LogP contribution in [0.4, 0.5) is 0 Å². The monoisotopic (exact) mass is 221 g/mol. The van der Waals surface area contributed by atoms with Crippen LogP contribution in [-0.2, 0) is 6.42 Å². The first-order chi connectivity index (χ1) is 7.66. The van der Waals surface area contributed by atoms with Gasteiger partial charge in [0, 0.05) is 12.5 Å². The number of hydrogen-bond donors (Lipinski definition) is 1. The molecule has 5 nitrogen and oxygen atoms in total. The van der Waals surface area contributed by atoms with Crippen LogP contribution in [0.15, 0.2) is 21.3 Å². The van der Waals surface area contributed by atoms with Gasteiger partial charge in [0.1, 0.15) is 0 Å². The highest BCUT2D eigenvalue weighted by Crippen LogP contribution is 2.21. The molecule has 2 rings (SSSR count). The Balaban J connectivity index is 2.11. The summed E-state index contributed by atoms with van der Waals surface area (Å²) in [6.45, 7) is 3.89. The zero-order chi connectivity index (χ0) is 11.5. The molecule has 0 saturated carbocycles. The summed E-state index contributed by atoms with van der Waals surface area (Å²) in [5.41, 5.74) is 6.66. The molecule has 0 saturated heterocycles. The Kier molecular flexibility index (Phi) is 3.05. The normalized spacial score (nSPS) is 12.9. The third kappa shape index (κ3) is 2.30. The quantitative estimate of drug-likeness (QED) is 0.853. The van der Waals surface area contributed by atoms with Gasteiger partial charge < -0.3 is 14.7 Å². The molecule has 5 heteroatoms. The molecule has 1 unspecified atom stereocenters. The van der Waals surface area contributed by atoms with E-state index in [1.807, 2.05) is 19.9 Å². The van der Waals surface area contributed by atoms with Crippen molar-refractivity contribution >= 4 is 0 Å². The van der Waals surface area contributed by atoms with E-state index in [9.17, 15) is 0 Å². The van der Waals surface area contributed by atoms with Crippen molar-refractivity contribution in [2.75, 3.05) is 0 Å². The molecule has 2 heterocycles. The Morgan fingerprint density at radius 1 is 1.50 bits per heavy atom. The molecule has 0 amide bonds. The molecule has 0 spiro atoms. The van der Waals surface area contributed by atoms with Crippen molar-refractivity contribution in [3.63, 3.8) is 0 Å². The molecule has 16 heavy (non-hydrogen) atoms. The maximum absolute atomic E-state index is 5.66. The van der Waals surface area contributed by atoms with E-state index in [2.05, 4.69) is 10.1 Å². The van der Waals surface area contributed by atoms with Gasteiger partial charge in [-0.05, 0) is 31.9 Å². The van der Waals surface area contributed by atoms with E-state index in [1.165, 1.54) is 0 Å². The molecule has 1 atom stereocenters. The van der Waals surface area contributed by atoms with Crippen LogP contribution >= 0.6 is 0 Å². The first-order valence-electron chi connectivity index (χ1n) is 5.29. The molecule has 2 aromatic rings. The molecule has 2 aromatic heterocycles. The molecular weight excluding hydrogens is 206 g/mol. The molecule has 0 aliphatic heterocycles. The summed E-state index contributed by atoms with van der Waals surface area (Å²) in [6.07, 6.45) is 3.14. The lowest BCUT2D eigenvalue weighted by Crippen LogP contribution is -2.15. The predicted molar refractivity (Wildman–Crippen MR) is 58.7 cm³/mol. The third-order valence-electron chi connectivity index (χ3n) is 2.35. The summed E-state index contributed by atoms with van der Waals surface area (Å²) < 4.78 is 10.4. The Morgan fingerprint density at radius 2 is 2.31 bits per heavy atom. The maximum Gasteiger partial charge on any atom is 0.238 e. The summed E-state index contributed by atoms with van der Waals surface area (Å²) in [6, 6.07) is 2.01. The summed E-state index contributed by atoms with van der Waals surface area (Å²) in [4.78, 5) is 4.26. The van der Waals surface area contributed by atoms with Crippen molar-refractivity contribution in [1.82, 2.24) is 10.1 Å². The molecule has 0 bridgehead atoms. The number of aromatic nitrogens is 2. The number of furan rings is 1. The fraction of sp³-hybridized carbons (Fsp3) is 0.455. The second kappa shape index (κ2) is 4.49. The zero-order valence-corrected chi connectivity index (χ0v) is 9.43. The van der Waals surface area contributed by atoms with Gasteiger partial charge in [-0.3, -0.25) is 0 Å². The lowest BCUT2D eigenvalue weighted by Gasteiger charge is -1.99. The van der Waals surface area contributed by atoms with E-state index in [4.69, 9.17) is 14.7 Å². The van der Waals surface area contributed by atoms with Crippen LogP contribution in [0.2, 0.25) is 0 Å². The molecule has 2 N–H and O–H groups in total. The maximum atomic E-state index is 5.66. The Hall–Kier alpha value is -1.62. The first-order valence-corrected chi connectivity index (χ1v) is 5.29. The van der Waals surface area contributed by atoms with E-state index < -0.39 is 0 Å². The minimum atomic E-state index is 0.140. The molecule has 0 fully saturated rings. The van der Waals surface area contributed by atoms with Gasteiger partial charge in [-0.25, -0.2) is 0 Å². The lowest BCUT2D eigenvalue weighted by atomic mass is 10.2. The Morgan fingerprint density at radius 3 is 2.94 bits per heavy atom. The predicted octanol–water partition coefficient (Wildman–Crippen LogP) is 1.92. The second-order valence-corrected chi connectivity index (χ2v) is 3.96. The smallest absolute Gasteiger partial charge is 0.238 e. The van der Waals surface area contributed by atoms with Crippen LogP contribution in [-0.4, -0.2) is 16.2 Å². The molecule has 0 aromatic carbocycles. The van der Waals surface area contributed by atoms with E-state index in [0.29, 0.717) is 23.9 Å². The average molecular weight is 221 g/mol. The van der Waals surface area contributed by atoms with Crippen LogP contribution < -0.4 is 5.73 Å². The van der Waals surface area contributed by atoms with Crippen LogP contribution in [0.25, 0.3) is 11.6 Å². The summed E-state index contributed by atoms with van der Waals surface area (Å²) in [5, 5.41) is 3.88. The number of hydrogen-bond acceptors (Lipinski definition) is 5. The van der Waals surface area contributed by atoms with Gasteiger partial charge >= 0.3 is 0 Å². The Bertz CT molecular complexity index is 459. The molecule has 0 radical (unpaired) electrons. The van der Waals surface area contributed by atoms with Crippen molar-refractivity contribution in [2.45, 2.75) is 32.7 Å². The summed E-state index contributed by atoms with van der Waals surface area (Å²) in [5.74, 6) is 1.76.